The van der Waals surface area contributed by atoms with Crippen LogP contribution >= 0.6 is 0 Å². The molecule has 2 saturated heterocycles. The number of nitriles is 1. The van der Waals surface area contributed by atoms with Crippen LogP contribution in [0.15, 0.2) is 30.3 Å². The van der Waals surface area contributed by atoms with Crippen molar-refractivity contribution in [3.8, 4) is 17.2 Å². The maximum absolute atomic E-state index is 12.8. The summed E-state index contributed by atoms with van der Waals surface area (Å²) in [4.78, 5) is 21.9. The van der Waals surface area contributed by atoms with E-state index in [1.165, 1.54) is 0 Å². The molecule has 1 atom stereocenters. The van der Waals surface area contributed by atoms with Crippen LogP contribution in [-0.2, 0) is 9.47 Å². The van der Waals surface area contributed by atoms with E-state index in [0.29, 0.717) is 43.4 Å². The molecule has 2 N–H and O–H groups in total. The number of esters is 1. The summed E-state index contributed by atoms with van der Waals surface area (Å²) in [6, 6.07) is 12.3. The van der Waals surface area contributed by atoms with Gasteiger partial charge >= 0.3 is 5.97 Å². The highest BCUT2D eigenvalue weighted by atomic mass is 16.5. The van der Waals surface area contributed by atoms with E-state index < -0.39 is 5.97 Å². The zero-order valence-electron chi connectivity index (χ0n) is 21.9. The summed E-state index contributed by atoms with van der Waals surface area (Å²) in [5, 5.41) is 21.6. The number of carbonyl (C=O) groups excluding carboxylic acids is 1. The summed E-state index contributed by atoms with van der Waals surface area (Å²) in [6.07, 6.45) is 0.852. The van der Waals surface area contributed by atoms with E-state index in [-0.39, 0.29) is 24.3 Å². The molecule has 4 rings (SSSR count). The van der Waals surface area contributed by atoms with E-state index in [4.69, 9.17) is 20.1 Å². The number of rotatable bonds is 9. The number of hydrogen-bond acceptors (Lipinski definition) is 9. The van der Waals surface area contributed by atoms with E-state index >= 15 is 0 Å². The first kappa shape index (κ1) is 26.6. The molecule has 2 aromatic rings. The summed E-state index contributed by atoms with van der Waals surface area (Å²) >= 11 is 0. The average Bonchev–Trinajstić information content (AvgIpc) is 3.35. The fourth-order valence-corrected chi connectivity index (χ4v) is 4.81. The number of ether oxygens (including phenoxy) is 2. The topological polar surface area (TPSA) is 115 Å². The molecule has 0 saturated carbocycles. The Bertz CT molecular complexity index is 1150. The zero-order valence-corrected chi connectivity index (χ0v) is 21.9. The van der Waals surface area contributed by atoms with Crippen molar-refractivity contribution in [3.63, 3.8) is 0 Å². The predicted molar refractivity (Wildman–Crippen MR) is 144 cm³/mol. The van der Waals surface area contributed by atoms with Crippen molar-refractivity contribution in [2.45, 2.75) is 33.2 Å². The van der Waals surface area contributed by atoms with Gasteiger partial charge in [-0.2, -0.15) is 5.26 Å². The highest BCUT2D eigenvalue weighted by Crippen LogP contribution is 2.34. The highest BCUT2D eigenvalue weighted by molar-refractivity contribution is 6.10. The molecular formula is C28H36N6O3. The lowest BCUT2D eigenvalue weighted by Gasteiger charge is -2.29. The molecule has 0 bridgehead atoms. The lowest BCUT2D eigenvalue weighted by atomic mass is 9.91. The van der Waals surface area contributed by atoms with Crippen molar-refractivity contribution in [2.75, 3.05) is 62.8 Å². The second-order valence-electron chi connectivity index (χ2n) is 9.74. The molecule has 2 aliphatic rings. The molecule has 196 valence electrons. The molecular weight excluding hydrogens is 468 g/mol. The van der Waals surface area contributed by atoms with Crippen molar-refractivity contribution >= 4 is 23.2 Å². The van der Waals surface area contributed by atoms with Gasteiger partial charge in [0, 0.05) is 49.2 Å². The summed E-state index contributed by atoms with van der Waals surface area (Å²) in [5.41, 5.74) is 4.16. The van der Waals surface area contributed by atoms with Gasteiger partial charge in [0.2, 0.25) is 0 Å². The molecule has 0 radical (unpaired) electrons. The molecule has 1 aromatic carbocycles. The Morgan fingerprint density at radius 2 is 2.00 bits per heavy atom. The minimum Gasteiger partial charge on any atom is -0.461 e. The van der Waals surface area contributed by atoms with Gasteiger partial charge in [-0.25, -0.2) is 9.78 Å². The number of hydrogen-bond donors (Lipinski definition) is 2. The van der Waals surface area contributed by atoms with Gasteiger partial charge in [0.25, 0.3) is 0 Å². The highest BCUT2D eigenvalue weighted by Gasteiger charge is 2.27. The second-order valence-corrected chi connectivity index (χ2v) is 9.74. The van der Waals surface area contributed by atoms with Gasteiger partial charge in [-0.15, -0.1) is 0 Å². The lowest BCUT2D eigenvalue weighted by molar-refractivity contribution is 0.0519. The molecule has 0 amide bonds. The van der Waals surface area contributed by atoms with E-state index in [0.717, 1.165) is 42.9 Å². The second kappa shape index (κ2) is 12.2. The van der Waals surface area contributed by atoms with Gasteiger partial charge in [-0.05, 0) is 48.6 Å². The molecule has 9 nitrogen and oxygen atoms in total. The van der Waals surface area contributed by atoms with Gasteiger partial charge in [0.1, 0.15) is 5.82 Å². The number of aromatic nitrogens is 1. The molecule has 9 heteroatoms. The fourth-order valence-electron chi connectivity index (χ4n) is 4.81. The van der Waals surface area contributed by atoms with Crippen LogP contribution in [0.25, 0.3) is 11.1 Å². The maximum atomic E-state index is 12.8. The molecule has 1 unspecified atom stereocenters. The van der Waals surface area contributed by atoms with Crippen LogP contribution in [0.3, 0.4) is 0 Å². The quantitative estimate of drug-likeness (QED) is 0.301. The Kier molecular flexibility index (Phi) is 8.74. The van der Waals surface area contributed by atoms with E-state index in [1.54, 1.807) is 13.0 Å². The fraction of sp³-hybridized carbons (Fsp3) is 0.500. The van der Waals surface area contributed by atoms with Gasteiger partial charge in [0.15, 0.2) is 5.69 Å². The normalized spacial score (nSPS) is 18.0. The Balaban J connectivity index is 1.76. The molecule has 3 heterocycles. The van der Waals surface area contributed by atoms with Crippen LogP contribution in [0, 0.1) is 22.7 Å². The standard InChI is InChI=1S/C28H36N6O3/c1-4-37-28(35)24-17-23(20-5-7-22(8-6-20)34-13-15-36-16-14-34)25(26(30)19(2)3)27(32-24)31-21-9-11-33(18-21)12-10-29/h5-8,17,19,21,30H,4,9,11-16,18H2,1-3H3,(H,31,32). The van der Waals surface area contributed by atoms with Crippen LogP contribution in [0.4, 0.5) is 11.5 Å². The number of anilines is 2. The Hall–Kier alpha value is -3.48. The summed E-state index contributed by atoms with van der Waals surface area (Å²) in [5.74, 6) is -0.0157. The van der Waals surface area contributed by atoms with Crippen LogP contribution < -0.4 is 10.2 Å². The molecule has 0 spiro atoms. The van der Waals surface area contributed by atoms with Crippen molar-refractivity contribution < 1.29 is 14.3 Å². The van der Waals surface area contributed by atoms with Crippen LogP contribution in [0.1, 0.15) is 43.2 Å². The SMILES string of the molecule is CCOC(=O)c1cc(-c2ccc(N3CCOCC3)cc2)c(C(=N)C(C)C)c(NC2CCN(CC#N)C2)n1. The molecule has 0 aliphatic carbocycles. The maximum Gasteiger partial charge on any atom is 0.357 e. The van der Waals surface area contributed by atoms with Gasteiger partial charge in [-0.3, -0.25) is 4.90 Å². The third kappa shape index (κ3) is 6.27. The van der Waals surface area contributed by atoms with Crippen molar-refractivity contribution in [1.82, 2.24) is 9.88 Å². The van der Waals surface area contributed by atoms with E-state index in [1.807, 2.05) is 26.0 Å². The van der Waals surface area contributed by atoms with E-state index in [9.17, 15) is 4.79 Å². The minimum absolute atomic E-state index is 0.0409. The Morgan fingerprint density at radius 1 is 1.27 bits per heavy atom. The van der Waals surface area contributed by atoms with E-state index in [2.05, 4.69) is 38.3 Å². The predicted octanol–water partition coefficient (Wildman–Crippen LogP) is 3.80. The first-order chi connectivity index (χ1) is 17.9. The molecule has 2 aliphatic heterocycles. The molecule has 37 heavy (non-hydrogen) atoms. The minimum atomic E-state index is -0.489. The number of carbonyl (C=O) groups is 1. The molecule has 2 fully saturated rings. The van der Waals surface area contributed by atoms with Gasteiger partial charge in [0.05, 0.1) is 32.4 Å². The van der Waals surface area contributed by atoms with Crippen LogP contribution in [-0.4, -0.2) is 80.2 Å². The Labute approximate surface area is 218 Å². The third-order valence-electron chi connectivity index (χ3n) is 6.81. The smallest absolute Gasteiger partial charge is 0.357 e. The number of morpholine rings is 1. The summed E-state index contributed by atoms with van der Waals surface area (Å²) < 4.78 is 10.8. The number of pyridine rings is 1. The number of nitrogens with zero attached hydrogens (tertiary/aromatic N) is 4. The largest absolute Gasteiger partial charge is 0.461 e. The first-order valence-corrected chi connectivity index (χ1v) is 13.0. The average molecular weight is 505 g/mol. The number of likely N-dealkylation sites (tertiary alicyclic amines) is 1. The van der Waals surface area contributed by atoms with Crippen molar-refractivity contribution in [3.05, 3.63) is 41.6 Å². The third-order valence-corrected chi connectivity index (χ3v) is 6.81. The zero-order chi connectivity index (χ0) is 26.4. The van der Waals surface area contributed by atoms with Crippen molar-refractivity contribution in [1.29, 1.82) is 10.7 Å². The first-order valence-electron chi connectivity index (χ1n) is 13.0. The van der Waals surface area contributed by atoms with Crippen LogP contribution in [0.2, 0.25) is 0 Å². The molecule has 1 aromatic heterocycles. The van der Waals surface area contributed by atoms with Crippen LogP contribution in [0.5, 0.6) is 0 Å². The van der Waals surface area contributed by atoms with Gasteiger partial charge in [-0.1, -0.05) is 26.0 Å². The monoisotopic (exact) mass is 504 g/mol. The summed E-state index contributed by atoms with van der Waals surface area (Å²) in [7, 11) is 0. The number of benzene rings is 1. The summed E-state index contributed by atoms with van der Waals surface area (Å²) in [6.45, 7) is 11.0. The number of nitrogens with one attached hydrogen (secondary N) is 2. The van der Waals surface area contributed by atoms with Crippen molar-refractivity contribution in [2.24, 2.45) is 5.92 Å². The van der Waals surface area contributed by atoms with Gasteiger partial charge < -0.3 is 25.1 Å². The lowest BCUT2D eigenvalue weighted by Crippen LogP contribution is -2.36. The Morgan fingerprint density at radius 3 is 2.65 bits per heavy atom.